The maximum atomic E-state index is 10.4. The van der Waals surface area contributed by atoms with Gasteiger partial charge in [-0.3, -0.25) is 0 Å². The molecule has 3 nitrogen and oxygen atoms in total. The predicted octanol–water partition coefficient (Wildman–Crippen LogP) is 2.67. The van der Waals surface area contributed by atoms with E-state index >= 15 is 0 Å². The zero-order valence-electron chi connectivity index (χ0n) is 13.0. The second-order valence-electron chi connectivity index (χ2n) is 6.83. The SMILES string of the molecule is CCCCCN(C)CC1C(O)C(C)(C)OC1(C)C. The Labute approximate surface area is 113 Å². The summed E-state index contributed by atoms with van der Waals surface area (Å²) in [4.78, 5) is 2.33. The van der Waals surface area contributed by atoms with Crippen molar-refractivity contribution < 1.29 is 9.84 Å². The normalized spacial score (nSPS) is 30.0. The molecule has 0 saturated carbocycles. The molecule has 0 amide bonds. The van der Waals surface area contributed by atoms with Crippen LogP contribution in [0.1, 0.15) is 53.9 Å². The largest absolute Gasteiger partial charge is 0.390 e. The molecular formula is C15H31NO2. The molecule has 3 heteroatoms. The average molecular weight is 257 g/mol. The summed E-state index contributed by atoms with van der Waals surface area (Å²) in [5.41, 5.74) is -0.680. The Morgan fingerprint density at radius 3 is 2.17 bits per heavy atom. The van der Waals surface area contributed by atoms with Gasteiger partial charge < -0.3 is 14.7 Å². The summed E-state index contributed by atoms with van der Waals surface area (Å²) in [6.07, 6.45) is 3.38. The number of aliphatic hydroxyl groups excluding tert-OH is 1. The van der Waals surface area contributed by atoms with Crippen molar-refractivity contribution in [3.05, 3.63) is 0 Å². The molecule has 2 atom stereocenters. The van der Waals surface area contributed by atoms with E-state index in [1.165, 1.54) is 19.3 Å². The first-order valence-electron chi connectivity index (χ1n) is 7.27. The lowest BCUT2D eigenvalue weighted by Crippen LogP contribution is -2.42. The van der Waals surface area contributed by atoms with Crippen LogP contribution in [-0.4, -0.2) is 47.4 Å². The maximum absolute atomic E-state index is 10.4. The van der Waals surface area contributed by atoms with Gasteiger partial charge in [0.15, 0.2) is 0 Å². The number of rotatable bonds is 6. The van der Waals surface area contributed by atoms with Gasteiger partial charge in [0.2, 0.25) is 0 Å². The lowest BCUT2D eigenvalue weighted by atomic mass is 9.84. The molecule has 108 valence electrons. The highest BCUT2D eigenvalue weighted by Gasteiger charge is 2.53. The number of hydrogen-bond acceptors (Lipinski definition) is 3. The smallest absolute Gasteiger partial charge is 0.0896 e. The summed E-state index contributed by atoms with van der Waals surface area (Å²) in [6, 6.07) is 0. The van der Waals surface area contributed by atoms with Gasteiger partial charge in [-0.2, -0.15) is 0 Å². The number of ether oxygens (including phenoxy) is 1. The zero-order chi connectivity index (χ0) is 14.0. The Kier molecular flexibility index (Phi) is 5.22. The van der Waals surface area contributed by atoms with Crippen molar-refractivity contribution in [3.63, 3.8) is 0 Å². The van der Waals surface area contributed by atoms with E-state index in [0.717, 1.165) is 13.1 Å². The molecule has 0 spiro atoms. The molecule has 0 bridgehead atoms. The van der Waals surface area contributed by atoms with Gasteiger partial charge in [0.25, 0.3) is 0 Å². The fourth-order valence-corrected chi connectivity index (χ4v) is 3.06. The monoisotopic (exact) mass is 257 g/mol. The number of nitrogens with zero attached hydrogens (tertiary/aromatic N) is 1. The van der Waals surface area contributed by atoms with Crippen LogP contribution in [0.25, 0.3) is 0 Å². The van der Waals surface area contributed by atoms with E-state index in [4.69, 9.17) is 4.74 Å². The van der Waals surface area contributed by atoms with Crippen LogP contribution >= 0.6 is 0 Å². The molecule has 1 rings (SSSR count). The van der Waals surface area contributed by atoms with Crippen LogP contribution in [0.5, 0.6) is 0 Å². The lowest BCUT2D eigenvalue weighted by molar-refractivity contribution is -0.0912. The molecule has 18 heavy (non-hydrogen) atoms. The van der Waals surface area contributed by atoms with Crippen LogP contribution in [0.2, 0.25) is 0 Å². The molecule has 0 aromatic carbocycles. The molecule has 1 fully saturated rings. The number of hydrogen-bond donors (Lipinski definition) is 1. The molecule has 0 radical (unpaired) electrons. The summed E-state index contributed by atoms with van der Waals surface area (Å²) in [5, 5.41) is 10.4. The topological polar surface area (TPSA) is 32.7 Å². The summed E-state index contributed by atoms with van der Waals surface area (Å²) >= 11 is 0. The predicted molar refractivity (Wildman–Crippen MR) is 75.8 cm³/mol. The van der Waals surface area contributed by atoms with Crippen molar-refractivity contribution in [2.24, 2.45) is 5.92 Å². The van der Waals surface area contributed by atoms with E-state index in [-0.39, 0.29) is 17.6 Å². The van der Waals surface area contributed by atoms with E-state index in [2.05, 4.69) is 32.7 Å². The van der Waals surface area contributed by atoms with E-state index in [1.807, 2.05) is 13.8 Å². The Hall–Kier alpha value is -0.120. The van der Waals surface area contributed by atoms with Gasteiger partial charge >= 0.3 is 0 Å². The van der Waals surface area contributed by atoms with Crippen molar-refractivity contribution in [1.29, 1.82) is 0 Å². The highest BCUT2D eigenvalue weighted by atomic mass is 16.5. The van der Waals surface area contributed by atoms with Crippen LogP contribution in [-0.2, 0) is 4.74 Å². The van der Waals surface area contributed by atoms with E-state index in [9.17, 15) is 5.11 Å². The molecule has 2 unspecified atom stereocenters. The van der Waals surface area contributed by atoms with Gasteiger partial charge in [0.1, 0.15) is 0 Å². The molecule has 1 N–H and O–H groups in total. The van der Waals surface area contributed by atoms with E-state index in [0.29, 0.717) is 0 Å². The summed E-state index contributed by atoms with van der Waals surface area (Å²) in [5.74, 6) is 0.180. The fourth-order valence-electron chi connectivity index (χ4n) is 3.06. The molecule has 1 heterocycles. The average Bonchev–Trinajstić information content (AvgIpc) is 2.37. The van der Waals surface area contributed by atoms with Crippen molar-refractivity contribution >= 4 is 0 Å². The van der Waals surface area contributed by atoms with Crippen molar-refractivity contribution in [3.8, 4) is 0 Å². The zero-order valence-corrected chi connectivity index (χ0v) is 13.0. The first kappa shape index (κ1) is 15.9. The summed E-state index contributed by atoms with van der Waals surface area (Å²) < 4.78 is 6.01. The number of unbranched alkanes of at least 4 members (excludes halogenated alkanes) is 2. The molecule has 0 aromatic rings. The second kappa shape index (κ2) is 5.89. The first-order chi connectivity index (χ1) is 8.20. The minimum Gasteiger partial charge on any atom is -0.390 e. The van der Waals surface area contributed by atoms with Crippen molar-refractivity contribution in [2.75, 3.05) is 20.1 Å². The third-order valence-electron chi connectivity index (χ3n) is 4.16. The van der Waals surface area contributed by atoms with Gasteiger partial charge in [-0.25, -0.2) is 0 Å². The van der Waals surface area contributed by atoms with E-state index in [1.54, 1.807) is 0 Å². The quantitative estimate of drug-likeness (QED) is 0.743. The van der Waals surface area contributed by atoms with Crippen LogP contribution < -0.4 is 0 Å². The molecule has 1 aliphatic heterocycles. The first-order valence-corrected chi connectivity index (χ1v) is 7.27. The molecule has 0 aliphatic carbocycles. The van der Waals surface area contributed by atoms with Crippen LogP contribution in [0.3, 0.4) is 0 Å². The van der Waals surface area contributed by atoms with Crippen molar-refractivity contribution in [2.45, 2.75) is 71.2 Å². The van der Waals surface area contributed by atoms with E-state index < -0.39 is 5.60 Å². The molecule has 1 aliphatic rings. The molecule has 0 aromatic heterocycles. The fraction of sp³-hybridized carbons (Fsp3) is 1.00. The van der Waals surface area contributed by atoms with Gasteiger partial charge in [-0.15, -0.1) is 0 Å². The van der Waals surface area contributed by atoms with Gasteiger partial charge in [-0.05, 0) is 47.7 Å². The van der Waals surface area contributed by atoms with Crippen molar-refractivity contribution in [1.82, 2.24) is 4.90 Å². The Bertz CT molecular complexity index is 263. The van der Waals surface area contributed by atoms with Gasteiger partial charge in [0.05, 0.1) is 17.3 Å². The second-order valence-corrected chi connectivity index (χ2v) is 6.83. The highest BCUT2D eigenvalue weighted by molar-refractivity contribution is 5.02. The minimum absolute atomic E-state index is 0.180. The van der Waals surface area contributed by atoms with Gasteiger partial charge in [-0.1, -0.05) is 19.8 Å². The van der Waals surface area contributed by atoms with Crippen LogP contribution in [0.15, 0.2) is 0 Å². The summed E-state index contributed by atoms with van der Waals surface area (Å²) in [6.45, 7) is 12.4. The van der Waals surface area contributed by atoms with Gasteiger partial charge in [0, 0.05) is 12.5 Å². The Morgan fingerprint density at radius 1 is 1.11 bits per heavy atom. The number of aliphatic hydroxyl groups is 1. The third kappa shape index (κ3) is 3.69. The standard InChI is InChI=1S/C15H31NO2/c1-7-8-9-10-16(6)11-12-13(17)15(4,5)18-14(12,2)3/h12-13,17H,7-11H2,1-6H3. The minimum atomic E-state index is -0.432. The third-order valence-corrected chi connectivity index (χ3v) is 4.16. The summed E-state index contributed by atoms with van der Waals surface area (Å²) in [7, 11) is 2.14. The highest BCUT2D eigenvalue weighted by Crippen LogP contribution is 2.42. The lowest BCUT2D eigenvalue weighted by Gasteiger charge is -2.30. The Morgan fingerprint density at radius 2 is 1.72 bits per heavy atom. The van der Waals surface area contributed by atoms with Crippen LogP contribution in [0.4, 0.5) is 0 Å². The molecule has 1 saturated heterocycles. The molecular weight excluding hydrogens is 226 g/mol. The Balaban J connectivity index is 2.54. The maximum Gasteiger partial charge on any atom is 0.0896 e. The van der Waals surface area contributed by atoms with Crippen LogP contribution in [0, 0.1) is 5.92 Å².